The van der Waals surface area contributed by atoms with Crippen molar-refractivity contribution in [3.05, 3.63) is 95.1 Å². The van der Waals surface area contributed by atoms with Crippen molar-refractivity contribution >= 4 is 9.84 Å². The Morgan fingerprint density at radius 1 is 1.00 bits per heavy atom. The van der Waals surface area contributed by atoms with Gasteiger partial charge in [0.15, 0.2) is 9.84 Å². The number of hydrogen-bond donors (Lipinski definition) is 1. The summed E-state index contributed by atoms with van der Waals surface area (Å²) >= 11 is 0. The first-order chi connectivity index (χ1) is 17.5. The third-order valence-corrected chi connectivity index (χ3v) is 9.00. The average Bonchev–Trinajstić information content (AvgIpc) is 2.88. The van der Waals surface area contributed by atoms with Crippen LogP contribution in [0.15, 0.2) is 94.4 Å². The lowest BCUT2D eigenvalue weighted by Crippen LogP contribution is -2.36. The van der Waals surface area contributed by atoms with Gasteiger partial charge in [-0.25, -0.2) is 8.42 Å². The van der Waals surface area contributed by atoms with E-state index in [0.29, 0.717) is 12.0 Å². The average molecular weight is 527 g/mol. The van der Waals surface area contributed by atoms with Crippen molar-refractivity contribution in [3.63, 3.8) is 0 Å². The van der Waals surface area contributed by atoms with Crippen molar-refractivity contribution in [1.82, 2.24) is 0 Å². The van der Waals surface area contributed by atoms with Crippen LogP contribution in [0.2, 0.25) is 0 Å². The fourth-order valence-electron chi connectivity index (χ4n) is 4.70. The predicted octanol–water partition coefficient (Wildman–Crippen LogP) is 6.34. The molecule has 2 aromatic carbocycles. The number of aliphatic hydroxyl groups is 1. The summed E-state index contributed by atoms with van der Waals surface area (Å²) in [7, 11) is -0.555. The topological polar surface area (TPSA) is 72.8 Å². The molecule has 0 saturated heterocycles. The van der Waals surface area contributed by atoms with Gasteiger partial charge in [-0.3, -0.25) is 0 Å². The van der Waals surface area contributed by atoms with Crippen molar-refractivity contribution in [2.75, 3.05) is 14.2 Å². The maximum atomic E-state index is 13.8. The molecule has 37 heavy (non-hydrogen) atoms. The highest BCUT2D eigenvalue weighted by Gasteiger charge is 2.35. The quantitative estimate of drug-likeness (QED) is 0.308. The molecule has 0 saturated carbocycles. The minimum atomic E-state index is -3.84. The summed E-state index contributed by atoms with van der Waals surface area (Å²) in [4.78, 5) is 0.199. The molecule has 2 aromatic rings. The van der Waals surface area contributed by atoms with Gasteiger partial charge < -0.3 is 14.6 Å². The zero-order valence-electron chi connectivity index (χ0n) is 23.1. The van der Waals surface area contributed by atoms with Crippen LogP contribution in [0.3, 0.4) is 0 Å². The van der Waals surface area contributed by atoms with Gasteiger partial charge in [-0.15, -0.1) is 0 Å². The molecular weight excluding hydrogens is 484 g/mol. The van der Waals surface area contributed by atoms with Crippen molar-refractivity contribution in [2.45, 2.75) is 69.8 Å². The molecule has 0 aliphatic rings. The van der Waals surface area contributed by atoms with Crippen molar-refractivity contribution in [2.24, 2.45) is 5.92 Å². The SMILES string of the molecule is C/C=C(\C)C(OC)[C@H](C)/C=C(\C)C(C(O)C/C(C)=C/Cc1cccc(OC)c1)S(=O)(=O)c1ccccc1. The third-order valence-electron chi connectivity index (χ3n) is 6.72. The Balaban J connectivity index is 2.39. The van der Waals surface area contributed by atoms with Gasteiger partial charge in [0, 0.05) is 13.0 Å². The molecule has 0 aromatic heterocycles. The monoisotopic (exact) mass is 526 g/mol. The molecule has 6 heteroatoms. The number of aliphatic hydroxyl groups excluding tert-OH is 1. The minimum Gasteiger partial charge on any atom is -0.497 e. The number of sulfone groups is 1. The largest absolute Gasteiger partial charge is 0.497 e. The highest BCUT2D eigenvalue weighted by molar-refractivity contribution is 7.92. The van der Waals surface area contributed by atoms with Gasteiger partial charge in [0.25, 0.3) is 0 Å². The summed E-state index contributed by atoms with van der Waals surface area (Å²) in [6.45, 7) is 9.67. The van der Waals surface area contributed by atoms with Gasteiger partial charge in [0.2, 0.25) is 0 Å². The summed E-state index contributed by atoms with van der Waals surface area (Å²) < 4.78 is 38.5. The normalized spacial score (nSPS) is 16.7. The van der Waals surface area contributed by atoms with Crippen LogP contribution in [0, 0.1) is 5.92 Å². The molecule has 0 fully saturated rings. The summed E-state index contributed by atoms with van der Waals surface area (Å²) in [6, 6.07) is 16.2. The molecule has 0 bridgehead atoms. The van der Waals surface area contributed by atoms with E-state index in [1.165, 1.54) is 0 Å². The molecule has 2 rings (SSSR count). The molecular formula is C31H42O5S. The van der Waals surface area contributed by atoms with Crippen LogP contribution in [0.5, 0.6) is 5.75 Å². The van der Waals surface area contributed by atoms with Crippen LogP contribution < -0.4 is 4.74 Å². The van der Waals surface area contributed by atoms with E-state index in [1.54, 1.807) is 51.5 Å². The Labute approximate surface area is 223 Å². The molecule has 5 nitrogen and oxygen atoms in total. The van der Waals surface area contributed by atoms with Crippen molar-refractivity contribution in [3.8, 4) is 5.75 Å². The van der Waals surface area contributed by atoms with E-state index in [0.717, 1.165) is 22.5 Å². The molecule has 0 heterocycles. The number of hydrogen-bond acceptors (Lipinski definition) is 5. The molecule has 0 spiro atoms. The van der Waals surface area contributed by atoms with Gasteiger partial charge in [-0.2, -0.15) is 0 Å². The third kappa shape index (κ3) is 8.42. The molecule has 0 aliphatic heterocycles. The first-order valence-corrected chi connectivity index (χ1v) is 14.2. The Morgan fingerprint density at radius 3 is 2.27 bits per heavy atom. The highest BCUT2D eigenvalue weighted by Crippen LogP contribution is 2.29. The molecule has 3 unspecified atom stereocenters. The zero-order chi connectivity index (χ0) is 27.6. The second kappa shape index (κ2) is 14.3. The number of allylic oxidation sites excluding steroid dienone is 2. The van der Waals surface area contributed by atoms with E-state index in [1.807, 2.05) is 70.2 Å². The predicted molar refractivity (Wildman–Crippen MR) is 152 cm³/mol. The lowest BCUT2D eigenvalue weighted by Gasteiger charge is -2.27. The second-order valence-electron chi connectivity index (χ2n) is 9.62. The molecule has 0 aliphatic carbocycles. The lowest BCUT2D eigenvalue weighted by molar-refractivity contribution is 0.103. The number of methoxy groups -OCH3 is 2. The Morgan fingerprint density at radius 2 is 1.68 bits per heavy atom. The van der Waals surface area contributed by atoms with Crippen LogP contribution in [-0.4, -0.2) is 45.2 Å². The van der Waals surface area contributed by atoms with Crippen LogP contribution in [0.4, 0.5) is 0 Å². The van der Waals surface area contributed by atoms with E-state index in [4.69, 9.17) is 9.47 Å². The first-order valence-electron chi connectivity index (χ1n) is 12.6. The fraction of sp³-hybridized carbons (Fsp3) is 0.419. The van der Waals surface area contributed by atoms with E-state index in [-0.39, 0.29) is 23.3 Å². The Hall–Kier alpha value is -2.67. The standard InChI is InChI=1S/C31H42O5S/c1-8-23(3)30(36-7)24(4)20-25(5)31(37(33,34)28-15-10-9-11-16-28)29(32)19-22(2)17-18-26-13-12-14-27(21-26)35-6/h8-17,20-21,24,29-32H,18-19H2,1-7H3/b22-17+,23-8+,25-20+/t24-,29?,30?,31?/m1/s1. The summed E-state index contributed by atoms with van der Waals surface area (Å²) in [5.41, 5.74) is 3.68. The fourth-order valence-corrected chi connectivity index (χ4v) is 6.61. The van der Waals surface area contributed by atoms with Crippen LogP contribution in [0.1, 0.15) is 46.6 Å². The molecule has 202 valence electrons. The van der Waals surface area contributed by atoms with Crippen molar-refractivity contribution in [1.29, 1.82) is 0 Å². The van der Waals surface area contributed by atoms with Crippen LogP contribution >= 0.6 is 0 Å². The zero-order valence-corrected chi connectivity index (χ0v) is 24.0. The second-order valence-corrected chi connectivity index (χ2v) is 11.7. The van der Waals surface area contributed by atoms with E-state index >= 15 is 0 Å². The van der Waals surface area contributed by atoms with Crippen molar-refractivity contribution < 1.29 is 23.0 Å². The summed E-state index contributed by atoms with van der Waals surface area (Å²) in [5.74, 6) is 0.710. The molecule has 0 amide bonds. The minimum absolute atomic E-state index is 0.0772. The Kier molecular flexibility index (Phi) is 11.8. The summed E-state index contributed by atoms with van der Waals surface area (Å²) in [5, 5.41) is 10.3. The van der Waals surface area contributed by atoms with Gasteiger partial charge >= 0.3 is 0 Å². The van der Waals surface area contributed by atoms with Crippen LogP contribution in [-0.2, 0) is 21.0 Å². The number of rotatable bonds is 13. The molecule has 4 atom stereocenters. The summed E-state index contributed by atoms with van der Waals surface area (Å²) in [6.07, 6.45) is 5.56. The van der Waals surface area contributed by atoms with E-state index in [2.05, 4.69) is 0 Å². The number of ether oxygens (including phenoxy) is 2. The maximum Gasteiger partial charge on any atom is 0.187 e. The molecule has 1 N–H and O–H groups in total. The van der Waals surface area contributed by atoms with Gasteiger partial charge in [-0.1, -0.05) is 66.6 Å². The van der Waals surface area contributed by atoms with Gasteiger partial charge in [-0.05, 0) is 75.9 Å². The van der Waals surface area contributed by atoms with Gasteiger partial charge in [0.05, 0.1) is 24.2 Å². The van der Waals surface area contributed by atoms with E-state index < -0.39 is 21.2 Å². The highest BCUT2D eigenvalue weighted by atomic mass is 32.2. The first kappa shape index (κ1) is 30.6. The van der Waals surface area contributed by atoms with E-state index in [9.17, 15) is 13.5 Å². The Bertz CT molecular complexity index is 1200. The van der Waals surface area contributed by atoms with Gasteiger partial charge in [0.1, 0.15) is 11.0 Å². The lowest BCUT2D eigenvalue weighted by atomic mass is 9.93. The maximum absolute atomic E-state index is 13.8. The molecule has 0 radical (unpaired) electrons. The van der Waals surface area contributed by atoms with Crippen LogP contribution in [0.25, 0.3) is 0 Å². The smallest absolute Gasteiger partial charge is 0.187 e. The number of benzene rings is 2.